The van der Waals surface area contributed by atoms with E-state index >= 15 is 0 Å². The van der Waals surface area contributed by atoms with Crippen molar-refractivity contribution in [2.24, 2.45) is 0 Å². The Morgan fingerprint density at radius 1 is 1.12 bits per heavy atom. The minimum Gasteiger partial charge on any atom is -0.321 e. The van der Waals surface area contributed by atoms with Gasteiger partial charge in [0.05, 0.1) is 4.88 Å². The molecule has 0 aliphatic heterocycles. The summed E-state index contributed by atoms with van der Waals surface area (Å²) in [5.74, 6) is 0.315. The first-order chi connectivity index (χ1) is 12.0. The summed E-state index contributed by atoms with van der Waals surface area (Å²) in [7, 11) is -0.915. The van der Waals surface area contributed by atoms with Gasteiger partial charge in [-0.05, 0) is 47.5 Å². The standard InChI is InChI=1S/C19H16ClNO2S2/c1-25(23)12-13-4-2-7-16(10-13)21-19(22)18-9-8-17(24-18)14-5-3-6-15(20)11-14/h2-11H,12H2,1H3,(H,21,22). The second-order valence-electron chi connectivity index (χ2n) is 5.55. The van der Waals surface area contributed by atoms with E-state index in [1.807, 2.05) is 54.6 Å². The largest absolute Gasteiger partial charge is 0.321 e. The number of hydrogen-bond acceptors (Lipinski definition) is 3. The van der Waals surface area contributed by atoms with Crippen LogP contribution in [0.15, 0.2) is 60.7 Å². The van der Waals surface area contributed by atoms with Crippen molar-refractivity contribution >= 4 is 45.3 Å². The molecule has 1 heterocycles. The first kappa shape index (κ1) is 17.9. The Bertz CT molecular complexity index is 936. The molecular weight excluding hydrogens is 374 g/mol. The molecule has 0 spiro atoms. The van der Waals surface area contributed by atoms with Crippen LogP contribution in [0.1, 0.15) is 15.2 Å². The van der Waals surface area contributed by atoms with Crippen LogP contribution in [0.5, 0.6) is 0 Å². The van der Waals surface area contributed by atoms with E-state index in [9.17, 15) is 9.00 Å². The molecule has 0 saturated carbocycles. The number of amides is 1. The van der Waals surface area contributed by atoms with Crippen LogP contribution in [0.4, 0.5) is 5.69 Å². The first-order valence-electron chi connectivity index (χ1n) is 7.57. The molecule has 1 N–H and O–H groups in total. The summed E-state index contributed by atoms with van der Waals surface area (Å²) in [5.41, 5.74) is 2.62. The molecule has 6 heteroatoms. The van der Waals surface area contributed by atoms with Gasteiger partial charge in [-0.1, -0.05) is 35.9 Å². The minimum absolute atomic E-state index is 0.159. The van der Waals surface area contributed by atoms with Gasteiger partial charge in [-0.3, -0.25) is 9.00 Å². The van der Waals surface area contributed by atoms with Gasteiger partial charge in [0.25, 0.3) is 5.91 Å². The highest BCUT2D eigenvalue weighted by molar-refractivity contribution is 7.83. The first-order valence-corrected chi connectivity index (χ1v) is 10.5. The van der Waals surface area contributed by atoms with Gasteiger partial charge in [0.2, 0.25) is 0 Å². The SMILES string of the molecule is CS(=O)Cc1cccc(NC(=O)c2ccc(-c3cccc(Cl)c3)s2)c1. The number of rotatable bonds is 5. The normalized spacial score (nSPS) is 11.9. The summed E-state index contributed by atoms with van der Waals surface area (Å²) in [4.78, 5) is 14.1. The van der Waals surface area contributed by atoms with Crippen molar-refractivity contribution in [3.63, 3.8) is 0 Å². The van der Waals surface area contributed by atoms with Crippen LogP contribution in [-0.2, 0) is 16.6 Å². The lowest BCUT2D eigenvalue weighted by Crippen LogP contribution is -2.10. The fourth-order valence-electron chi connectivity index (χ4n) is 2.42. The molecular formula is C19H16ClNO2S2. The number of carbonyl (C=O) groups is 1. The van der Waals surface area contributed by atoms with Gasteiger partial charge >= 0.3 is 0 Å². The van der Waals surface area contributed by atoms with Crippen molar-refractivity contribution in [3.8, 4) is 10.4 Å². The van der Waals surface area contributed by atoms with E-state index in [1.54, 1.807) is 12.3 Å². The zero-order valence-corrected chi connectivity index (χ0v) is 15.9. The Morgan fingerprint density at radius 3 is 2.68 bits per heavy atom. The Kier molecular flexibility index (Phi) is 5.68. The highest BCUT2D eigenvalue weighted by Crippen LogP contribution is 2.30. The van der Waals surface area contributed by atoms with Gasteiger partial charge in [0, 0.05) is 38.4 Å². The van der Waals surface area contributed by atoms with Crippen molar-refractivity contribution < 1.29 is 9.00 Å². The Hall–Kier alpha value is -1.95. The van der Waals surface area contributed by atoms with E-state index in [-0.39, 0.29) is 5.91 Å². The molecule has 0 aliphatic carbocycles. The second kappa shape index (κ2) is 7.95. The fraction of sp³-hybridized carbons (Fsp3) is 0.105. The van der Waals surface area contributed by atoms with Crippen LogP contribution in [0.3, 0.4) is 0 Å². The van der Waals surface area contributed by atoms with Crippen LogP contribution in [0.25, 0.3) is 10.4 Å². The summed E-state index contributed by atoms with van der Waals surface area (Å²) in [6.45, 7) is 0. The molecule has 128 valence electrons. The molecule has 1 unspecified atom stereocenters. The number of carbonyl (C=O) groups excluding carboxylic acids is 1. The van der Waals surface area contributed by atoms with Crippen molar-refractivity contribution in [3.05, 3.63) is 76.1 Å². The van der Waals surface area contributed by atoms with Gasteiger partial charge in [-0.2, -0.15) is 0 Å². The van der Waals surface area contributed by atoms with Gasteiger partial charge in [-0.25, -0.2) is 0 Å². The van der Waals surface area contributed by atoms with Crippen molar-refractivity contribution in [1.29, 1.82) is 0 Å². The van der Waals surface area contributed by atoms with Crippen LogP contribution >= 0.6 is 22.9 Å². The average molecular weight is 390 g/mol. The molecule has 0 aliphatic rings. The van der Waals surface area contributed by atoms with Gasteiger partial charge in [0.1, 0.15) is 0 Å². The van der Waals surface area contributed by atoms with E-state index in [1.165, 1.54) is 11.3 Å². The predicted octanol–water partition coefficient (Wildman–Crippen LogP) is 5.20. The topological polar surface area (TPSA) is 46.2 Å². The zero-order chi connectivity index (χ0) is 17.8. The van der Waals surface area contributed by atoms with Gasteiger partial charge in [0.15, 0.2) is 0 Å². The van der Waals surface area contributed by atoms with Gasteiger partial charge < -0.3 is 5.32 Å². The zero-order valence-electron chi connectivity index (χ0n) is 13.5. The van der Waals surface area contributed by atoms with Crippen LogP contribution in [0.2, 0.25) is 5.02 Å². The Morgan fingerprint density at radius 2 is 1.92 bits per heavy atom. The van der Waals surface area contributed by atoms with E-state index in [0.717, 1.165) is 16.0 Å². The Balaban J connectivity index is 1.75. The highest BCUT2D eigenvalue weighted by Gasteiger charge is 2.11. The molecule has 25 heavy (non-hydrogen) atoms. The van der Waals surface area contributed by atoms with Crippen LogP contribution < -0.4 is 5.32 Å². The maximum Gasteiger partial charge on any atom is 0.265 e. The summed E-state index contributed by atoms with van der Waals surface area (Å²) in [6.07, 6.45) is 1.66. The molecule has 1 amide bonds. The van der Waals surface area contributed by atoms with Crippen molar-refractivity contribution in [1.82, 2.24) is 0 Å². The summed E-state index contributed by atoms with van der Waals surface area (Å²) < 4.78 is 11.3. The third-order valence-electron chi connectivity index (χ3n) is 3.49. The number of thiophene rings is 1. The molecule has 0 fully saturated rings. The summed E-state index contributed by atoms with van der Waals surface area (Å²) in [6, 6.07) is 18.7. The molecule has 0 radical (unpaired) electrons. The fourth-order valence-corrected chi connectivity index (χ4v) is 4.16. The lowest BCUT2D eigenvalue weighted by molar-refractivity contribution is 0.103. The molecule has 0 saturated heterocycles. The predicted molar refractivity (Wildman–Crippen MR) is 107 cm³/mol. The molecule has 3 rings (SSSR count). The van der Waals surface area contributed by atoms with Gasteiger partial charge in [-0.15, -0.1) is 11.3 Å². The van der Waals surface area contributed by atoms with Crippen molar-refractivity contribution in [2.75, 3.05) is 11.6 Å². The summed E-state index contributed by atoms with van der Waals surface area (Å²) >= 11 is 7.44. The molecule has 3 nitrogen and oxygen atoms in total. The van der Waals surface area contributed by atoms with E-state index in [4.69, 9.17) is 11.6 Å². The summed E-state index contributed by atoms with van der Waals surface area (Å²) in [5, 5.41) is 3.56. The minimum atomic E-state index is -0.915. The van der Waals surface area contributed by atoms with E-state index in [0.29, 0.717) is 21.3 Å². The lowest BCUT2D eigenvalue weighted by Gasteiger charge is -2.06. The highest BCUT2D eigenvalue weighted by atomic mass is 35.5. The number of hydrogen-bond donors (Lipinski definition) is 1. The average Bonchev–Trinajstić information content (AvgIpc) is 3.05. The number of nitrogens with one attached hydrogen (secondary N) is 1. The maximum atomic E-state index is 12.5. The van der Waals surface area contributed by atoms with E-state index < -0.39 is 10.8 Å². The number of benzene rings is 2. The molecule has 1 atom stereocenters. The molecule has 3 aromatic rings. The van der Waals surface area contributed by atoms with Crippen LogP contribution in [0, 0.1) is 0 Å². The number of halogens is 1. The lowest BCUT2D eigenvalue weighted by atomic mass is 10.2. The smallest absolute Gasteiger partial charge is 0.265 e. The van der Waals surface area contributed by atoms with Crippen molar-refractivity contribution in [2.45, 2.75) is 5.75 Å². The third-order valence-corrected chi connectivity index (χ3v) is 5.60. The van der Waals surface area contributed by atoms with E-state index in [2.05, 4.69) is 5.32 Å². The number of anilines is 1. The maximum absolute atomic E-state index is 12.5. The second-order valence-corrected chi connectivity index (χ2v) is 8.50. The van der Waals surface area contributed by atoms with Crippen LogP contribution in [-0.4, -0.2) is 16.4 Å². The molecule has 1 aromatic heterocycles. The Labute approximate surface area is 158 Å². The molecule has 0 bridgehead atoms. The quantitative estimate of drug-likeness (QED) is 0.651. The monoisotopic (exact) mass is 389 g/mol. The third kappa shape index (κ3) is 4.78. The molecule has 2 aromatic carbocycles.